The summed E-state index contributed by atoms with van der Waals surface area (Å²) < 4.78 is 0.988. The minimum absolute atomic E-state index is 0.136. The van der Waals surface area contributed by atoms with Gasteiger partial charge in [-0.25, -0.2) is 0 Å². The standard InChI is InChI=1S/C12H15BrN2O/c1-12(2)7-14-10-8(13)5-4-6-9(10)15(3)11(12)16/h4-6,14H,7H2,1-3H3. The Hall–Kier alpha value is -1.03. The van der Waals surface area contributed by atoms with Crippen LogP contribution >= 0.6 is 15.9 Å². The summed E-state index contributed by atoms with van der Waals surface area (Å²) in [6.45, 7) is 4.56. The Morgan fingerprint density at radius 3 is 2.81 bits per heavy atom. The number of fused-ring (bicyclic) bond motifs is 1. The quantitative estimate of drug-likeness (QED) is 0.794. The first-order valence-corrected chi connectivity index (χ1v) is 6.03. The summed E-state index contributed by atoms with van der Waals surface area (Å²) in [5, 5.41) is 3.34. The van der Waals surface area contributed by atoms with Crippen LogP contribution in [-0.4, -0.2) is 19.5 Å². The van der Waals surface area contributed by atoms with Crippen molar-refractivity contribution in [2.24, 2.45) is 5.41 Å². The first-order valence-electron chi connectivity index (χ1n) is 5.24. The molecule has 0 aromatic heterocycles. The van der Waals surface area contributed by atoms with Crippen LogP contribution in [-0.2, 0) is 4.79 Å². The molecule has 0 unspecified atom stereocenters. The number of nitrogens with zero attached hydrogens (tertiary/aromatic N) is 1. The van der Waals surface area contributed by atoms with Gasteiger partial charge in [-0.1, -0.05) is 6.07 Å². The number of nitrogens with one attached hydrogen (secondary N) is 1. The molecule has 16 heavy (non-hydrogen) atoms. The smallest absolute Gasteiger partial charge is 0.234 e. The Balaban J connectivity index is 2.55. The normalized spacial score (nSPS) is 18.8. The average molecular weight is 283 g/mol. The molecule has 1 aliphatic rings. The zero-order valence-electron chi connectivity index (χ0n) is 9.67. The molecule has 0 saturated heterocycles. The molecule has 4 heteroatoms. The summed E-state index contributed by atoms with van der Waals surface area (Å²) in [5.74, 6) is 0.136. The molecule has 86 valence electrons. The van der Waals surface area contributed by atoms with Gasteiger partial charge in [-0.05, 0) is 41.9 Å². The van der Waals surface area contributed by atoms with Crippen LogP contribution < -0.4 is 10.2 Å². The minimum atomic E-state index is -0.382. The third-order valence-electron chi connectivity index (χ3n) is 2.94. The number of carbonyl (C=O) groups excluding carboxylic acids is 1. The molecule has 2 rings (SSSR count). The first kappa shape index (κ1) is 11.5. The van der Waals surface area contributed by atoms with E-state index in [0.717, 1.165) is 15.8 Å². The molecule has 0 radical (unpaired) electrons. The largest absolute Gasteiger partial charge is 0.381 e. The maximum Gasteiger partial charge on any atom is 0.234 e. The first-order chi connectivity index (χ1) is 7.43. The van der Waals surface area contributed by atoms with Crippen molar-refractivity contribution >= 4 is 33.2 Å². The highest BCUT2D eigenvalue weighted by Crippen LogP contribution is 2.37. The summed E-state index contributed by atoms with van der Waals surface area (Å²) >= 11 is 3.50. The fourth-order valence-corrected chi connectivity index (χ4v) is 2.41. The molecule has 1 aromatic carbocycles. The van der Waals surface area contributed by atoms with Crippen molar-refractivity contribution in [2.45, 2.75) is 13.8 Å². The summed E-state index contributed by atoms with van der Waals surface area (Å²) in [6, 6.07) is 5.86. The van der Waals surface area contributed by atoms with Crippen molar-refractivity contribution in [3.63, 3.8) is 0 Å². The lowest BCUT2D eigenvalue weighted by molar-refractivity contribution is -0.125. The van der Waals surface area contributed by atoms with Crippen molar-refractivity contribution in [3.05, 3.63) is 22.7 Å². The zero-order valence-corrected chi connectivity index (χ0v) is 11.3. The Labute approximate surface area is 104 Å². The number of benzene rings is 1. The SMILES string of the molecule is CN1C(=O)C(C)(C)CNc2c(Br)cccc21. The van der Waals surface area contributed by atoms with Gasteiger partial charge in [-0.15, -0.1) is 0 Å². The monoisotopic (exact) mass is 282 g/mol. The highest BCUT2D eigenvalue weighted by atomic mass is 79.9. The molecule has 1 heterocycles. The van der Waals surface area contributed by atoms with Crippen LogP contribution in [0.15, 0.2) is 22.7 Å². The van der Waals surface area contributed by atoms with E-state index in [9.17, 15) is 4.79 Å². The summed E-state index contributed by atoms with van der Waals surface area (Å²) in [7, 11) is 1.82. The van der Waals surface area contributed by atoms with Crippen molar-refractivity contribution in [1.29, 1.82) is 0 Å². The molecule has 1 aromatic rings. The number of carbonyl (C=O) groups is 1. The molecule has 3 nitrogen and oxygen atoms in total. The van der Waals surface area contributed by atoms with Gasteiger partial charge in [0, 0.05) is 18.1 Å². The molecular formula is C12H15BrN2O. The number of hydrogen-bond acceptors (Lipinski definition) is 2. The van der Waals surface area contributed by atoms with E-state index in [1.54, 1.807) is 4.90 Å². The molecular weight excluding hydrogens is 268 g/mol. The maximum absolute atomic E-state index is 12.2. The number of anilines is 2. The lowest BCUT2D eigenvalue weighted by Gasteiger charge is -2.25. The molecule has 0 bridgehead atoms. The minimum Gasteiger partial charge on any atom is -0.381 e. The average Bonchev–Trinajstić information content (AvgIpc) is 2.32. The molecule has 0 fully saturated rings. The van der Waals surface area contributed by atoms with Crippen molar-refractivity contribution in [2.75, 3.05) is 23.8 Å². The van der Waals surface area contributed by atoms with Gasteiger partial charge in [0.25, 0.3) is 0 Å². The van der Waals surface area contributed by atoms with Crippen LogP contribution in [0.4, 0.5) is 11.4 Å². The van der Waals surface area contributed by atoms with Gasteiger partial charge in [0.1, 0.15) is 0 Å². The maximum atomic E-state index is 12.2. The zero-order chi connectivity index (χ0) is 11.9. The number of rotatable bonds is 0. The molecule has 1 N–H and O–H groups in total. The van der Waals surface area contributed by atoms with E-state index >= 15 is 0 Å². The van der Waals surface area contributed by atoms with E-state index in [1.807, 2.05) is 39.1 Å². The van der Waals surface area contributed by atoms with Crippen molar-refractivity contribution < 1.29 is 4.79 Å². The van der Waals surface area contributed by atoms with Gasteiger partial charge in [0.15, 0.2) is 0 Å². The van der Waals surface area contributed by atoms with E-state index in [0.29, 0.717) is 6.54 Å². The summed E-state index contributed by atoms with van der Waals surface area (Å²) in [4.78, 5) is 13.9. The van der Waals surface area contributed by atoms with E-state index in [4.69, 9.17) is 0 Å². The van der Waals surface area contributed by atoms with Crippen LogP contribution in [0, 0.1) is 5.41 Å². The lowest BCUT2D eigenvalue weighted by atomic mass is 9.92. The molecule has 0 saturated carbocycles. The molecule has 0 spiro atoms. The van der Waals surface area contributed by atoms with E-state index < -0.39 is 0 Å². The second-order valence-electron chi connectivity index (χ2n) is 4.74. The Kier molecular flexibility index (Phi) is 2.70. The van der Waals surface area contributed by atoms with E-state index in [2.05, 4.69) is 21.2 Å². The highest BCUT2D eigenvalue weighted by Gasteiger charge is 2.34. The van der Waals surface area contributed by atoms with Crippen LogP contribution in [0.2, 0.25) is 0 Å². The Morgan fingerprint density at radius 1 is 1.44 bits per heavy atom. The highest BCUT2D eigenvalue weighted by molar-refractivity contribution is 9.10. The van der Waals surface area contributed by atoms with Crippen LogP contribution in [0.3, 0.4) is 0 Å². The predicted octanol–water partition coefficient (Wildman–Crippen LogP) is 2.86. The predicted molar refractivity (Wildman–Crippen MR) is 69.8 cm³/mol. The third-order valence-corrected chi connectivity index (χ3v) is 3.60. The number of para-hydroxylation sites is 1. The third kappa shape index (κ3) is 1.71. The van der Waals surface area contributed by atoms with Gasteiger partial charge < -0.3 is 10.2 Å². The van der Waals surface area contributed by atoms with Gasteiger partial charge in [0.05, 0.1) is 16.8 Å². The fraction of sp³-hybridized carbons (Fsp3) is 0.417. The van der Waals surface area contributed by atoms with Crippen molar-refractivity contribution in [3.8, 4) is 0 Å². The molecule has 1 aliphatic heterocycles. The van der Waals surface area contributed by atoms with E-state index in [1.165, 1.54) is 0 Å². The molecule has 1 amide bonds. The van der Waals surface area contributed by atoms with E-state index in [-0.39, 0.29) is 11.3 Å². The molecule has 0 aliphatic carbocycles. The number of halogens is 1. The van der Waals surface area contributed by atoms with Crippen LogP contribution in [0.1, 0.15) is 13.8 Å². The van der Waals surface area contributed by atoms with Gasteiger partial charge >= 0.3 is 0 Å². The number of amides is 1. The molecule has 0 atom stereocenters. The van der Waals surface area contributed by atoms with Gasteiger partial charge in [-0.2, -0.15) is 0 Å². The fourth-order valence-electron chi connectivity index (χ4n) is 1.92. The van der Waals surface area contributed by atoms with Gasteiger partial charge in [0.2, 0.25) is 5.91 Å². The number of hydrogen-bond donors (Lipinski definition) is 1. The Morgan fingerprint density at radius 2 is 2.12 bits per heavy atom. The Bertz CT molecular complexity index is 443. The summed E-state index contributed by atoms with van der Waals surface area (Å²) in [5.41, 5.74) is 1.53. The lowest BCUT2D eigenvalue weighted by Crippen LogP contribution is -2.40. The topological polar surface area (TPSA) is 32.3 Å². The second kappa shape index (κ2) is 3.77. The van der Waals surface area contributed by atoms with Crippen LogP contribution in [0.25, 0.3) is 0 Å². The van der Waals surface area contributed by atoms with Crippen molar-refractivity contribution in [1.82, 2.24) is 0 Å². The summed E-state index contributed by atoms with van der Waals surface area (Å²) in [6.07, 6.45) is 0. The van der Waals surface area contributed by atoms with Crippen LogP contribution in [0.5, 0.6) is 0 Å². The van der Waals surface area contributed by atoms with Gasteiger partial charge in [-0.3, -0.25) is 4.79 Å². The second-order valence-corrected chi connectivity index (χ2v) is 5.59.